The Bertz CT molecular complexity index is 1250. The van der Waals surface area contributed by atoms with Crippen molar-refractivity contribution in [2.45, 2.75) is 93.3 Å². The molecule has 3 atom stereocenters. The average Bonchev–Trinajstić information content (AvgIpc) is 2.93. The Labute approximate surface area is 269 Å². The van der Waals surface area contributed by atoms with Gasteiger partial charge in [-0.15, -0.1) is 0 Å². The lowest BCUT2D eigenvalue weighted by atomic mass is 9.67. The summed E-state index contributed by atoms with van der Waals surface area (Å²) in [5.74, 6) is 0.827. The number of aldehydes is 1. The topological polar surface area (TPSA) is 46.5 Å². The lowest BCUT2D eigenvalue weighted by Crippen LogP contribution is -2.32. The van der Waals surface area contributed by atoms with E-state index >= 15 is 0 Å². The molecule has 0 aromatic carbocycles. The minimum absolute atomic E-state index is 0.0719. The second-order valence-electron chi connectivity index (χ2n) is 13.3. The molecule has 0 radical (unpaired) electrons. The fourth-order valence-electron chi connectivity index (χ4n) is 4.96. The van der Waals surface area contributed by atoms with Crippen LogP contribution in [0.3, 0.4) is 0 Å². The minimum Gasteiger partial charge on any atom is -0.389 e. The lowest BCUT2D eigenvalue weighted by molar-refractivity contribution is -0.104. The number of hydrogen-bond acceptors (Lipinski definition) is 3. The fraction of sp³-hybridized carbons (Fsp3) is 0.439. The van der Waals surface area contributed by atoms with Crippen molar-refractivity contribution < 1.29 is 14.6 Å². The Kier molecular flexibility index (Phi) is 17.5. The van der Waals surface area contributed by atoms with Crippen LogP contribution in [0.5, 0.6) is 0 Å². The summed E-state index contributed by atoms with van der Waals surface area (Å²) in [6.07, 6.45) is 38.0. The van der Waals surface area contributed by atoms with Crippen molar-refractivity contribution in [3.8, 4) is 0 Å². The summed E-state index contributed by atoms with van der Waals surface area (Å²) in [5, 5.41) is 10.1. The first-order valence-corrected chi connectivity index (χ1v) is 15.8. The SMILES string of the molecule is COC(C)(C)C/C=C/C(C)=C/C=C/C(C=O)=C/C=C/C(C)=C/C=C/C=C(C)/C=C/CC(C)/C=C/C1C(C)=C[C@@H](O)CC1(C)C. The zero-order valence-corrected chi connectivity index (χ0v) is 29.0. The Morgan fingerprint density at radius 3 is 2.11 bits per heavy atom. The van der Waals surface area contributed by atoms with Crippen LogP contribution in [0.25, 0.3) is 0 Å². The third kappa shape index (κ3) is 16.5. The molecule has 240 valence electrons. The zero-order valence-electron chi connectivity index (χ0n) is 29.0. The number of allylic oxidation sites excluding steroid dienone is 20. The van der Waals surface area contributed by atoms with Crippen LogP contribution < -0.4 is 0 Å². The number of carbonyl (C=O) groups is 1. The van der Waals surface area contributed by atoms with Crippen molar-refractivity contribution >= 4 is 6.29 Å². The highest BCUT2D eigenvalue weighted by Gasteiger charge is 2.34. The molecule has 3 heteroatoms. The number of carbonyl (C=O) groups excluding carboxylic acids is 1. The molecule has 0 fully saturated rings. The first-order chi connectivity index (χ1) is 20.7. The highest BCUT2D eigenvalue weighted by atomic mass is 16.5. The minimum atomic E-state index is -0.327. The Morgan fingerprint density at radius 1 is 0.955 bits per heavy atom. The summed E-state index contributed by atoms with van der Waals surface area (Å²) in [5.41, 5.74) is 5.17. The second kappa shape index (κ2) is 19.9. The fourth-order valence-corrected chi connectivity index (χ4v) is 4.96. The molecule has 0 heterocycles. The molecule has 0 spiro atoms. The third-order valence-corrected chi connectivity index (χ3v) is 7.85. The molecule has 0 aliphatic heterocycles. The van der Waals surface area contributed by atoms with Crippen LogP contribution in [0.1, 0.15) is 81.6 Å². The molecular formula is C41H58O3. The molecular weight excluding hydrogens is 540 g/mol. The molecule has 0 aromatic heterocycles. The first-order valence-electron chi connectivity index (χ1n) is 15.8. The van der Waals surface area contributed by atoms with Crippen LogP contribution in [0.4, 0.5) is 0 Å². The molecule has 44 heavy (non-hydrogen) atoms. The van der Waals surface area contributed by atoms with Gasteiger partial charge in [0.25, 0.3) is 0 Å². The predicted molar refractivity (Wildman–Crippen MR) is 191 cm³/mol. The van der Waals surface area contributed by atoms with Gasteiger partial charge in [-0.1, -0.05) is 146 Å². The van der Waals surface area contributed by atoms with Crippen LogP contribution in [-0.4, -0.2) is 30.2 Å². The van der Waals surface area contributed by atoms with E-state index in [9.17, 15) is 9.90 Å². The van der Waals surface area contributed by atoms with Crippen molar-refractivity contribution in [1.29, 1.82) is 0 Å². The first kappa shape index (κ1) is 38.8. The van der Waals surface area contributed by atoms with Crippen LogP contribution in [0.2, 0.25) is 0 Å². The maximum Gasteiger partial charge on any atom is 0.150 e. The van der Waals surface area contributed by atoms with E-state index in [2.05, 4.69) is 91.0 Å². The molecule has 0 amide bonds. The van der Waals surface area contributed by atoms with Crippen molar-refractivity contribution in [1.82, 2.24) is 0 Å². The van der Waals surface area contributed by atoms with Gasteiger partial charge in [-0.2, -0.15) is 0 Å². The number of aliphatic hydroxyl groups is 1. The molecule has 1 rings (SSSR count). The molecule has 0 saturated carbocycles. The van der Waals surface area contributed by atoms with Gasteiger partial charge in [-0.25, -0.2) is 0 Å². The smallest absolute Gasteiger partial charge is 0.150 e. The van der Waals surface area contributed by atoms with Gasteiger partial charge in [0, 0.05) is 18.6 Å². The van der Waals surface area contributed by atoms with E-state index in [1.54, 1.807) is 7.11 Å². The maximum absolute atomic E-state index is 11.4. The van der Waals surface area contributed by atoms with E-state index in [-0.39, 0.29) is 17.1 Å². The quantitative estimate of drug-likeness (QED) is 0.0832. The normalized spacial score (nSPS) is 22.0. The maximum atomic E-state index is 11.4. The highest BCUT2D eigenvalue weighted by Crippen LogP contribution is 2.42. The van der Waals surface area contributed by atoms with Crippen LogP contribution >= 0.6 is 0 Å². The molecule has 0 aromatic rings. The van der Waals surface area contributed by atoms with Gasteiger partial charge in [0.2, 0.25) is 0 Å². The largest absolute Gasteiger partial charge is 0.389 e. The highest BCUT2D eigenvalue weighted by molar-refractivity contribution is 5.78. The van der Waals surface area contributed by atoms with Crippen molar-refractivity contribution in [3.63, 3.8) is 0 Å². The Hall–Kier alpha value is -3.27. The van der Waals surface area contributed by atoms with Gasteiger partial charge < -0.3 is 9.84 Å². The molecule has 3 nitrogen and oxygen atoms in total. The molecule has 1 aliphatic carbocycles. The van der Waals surface area contributed by atoms with E-state index in [4.69, 9.17) is 4.74 Å². The number of ether oxygens (including phenoxy) is 1. The van der Waals surface area contributed by atoms with Gasteiger partial charge in [0.1, 0.15) is 6.29 Å². The van der Waals surface area contributed by atoms with E-state index in [1.165, 1.54) is 11.1 Å². The number of methoxy groups -OCH3 is 1. The molecule has 1 N–H and O–H groups in total. The Balaban J connectivity index is 2.59. The summed E-state index contributed by atoms with van der Waals surface area (Å²) >= 11 is 0. The molecule has 0 bridgehead atoms. The molecule has 1 aliphatic rings. The summed E-state index contributed by atoms with van der Waals surface area (Å²) in [4.78, 5) is 11.4. The van der Waals surface area contributed by atoms with Gasteiger partial charge in [0.05, 0.1) is 11.7 Å². The van der Waals surface area contributed by atoms with Crippen LogP contribution in [0, 0.1) is 17.3 Å². The van der Waals surface area contributed by atoms with E-state index in [1.807, 2.05) is 74.6 Å². The lowest BCUT2D eigenvalue weighted by Gasteiger charge is -2.38. The summed E-state index contributed by atoms with van der Waals surface area (Å²) in [7, 11) is 1.72. The van der Waals surface area contributed by atoms with Gasteiger partial charge in [-0.05, 0) is 72.1 Å². The van der Waals surface area contributed by atoms with Gasteiger partial charge in [-0.3, -0.25) is 4.79 Å². The van der Waals surface area contributed by atoms with E-state index in [0.717, 1.165) is 36.7 Å². The van der Waals surface area contributed by atoms with Crippen LogP contribution in [-0.2, 0) is 9.53 Å². The standard InChI is InChI=1S/C41H58O3/c1-32(19-13-20-35(4)26-27-39-36(5)29-38(43)30-40(39,6)7)17-11-12-18-33(2)21-14-24-37(31-42)25-15-22-34(3)23-16-28-41(8,9)44-10/h11-19,21-27,29,31,35,38-39,43H,20,28,30H2,1-10H3/b12-11+,19-13+,21-14+,23-16+,25-15+,27-26+,32-17+,33-18+,34-22+,37-24-/t35?,38-,39?/m1/s1. The van der Waals surface area contributed by atoms with E-state index in [0.29, 0.717) is 17.4 Å². The Morgan fingerprint density at radius 2 is 1.52 bits per heavy atom. The van der Waals surface area contributed by atoms with Crippen LogP contribution in [0.15, 0.2) is 131 Å². The van der Waals surface area contributed by atoms with Crippen molar-refractivity contribution in [3.05, 3.63) is 131 Å². The molecule has 2 unspecified atom stereocenters. The van der Waals surface area contributed by atoms with Gasteiger partial charge in [0.15, 0.2) is 0 Å². The monoisotopic (exact) mass is 598 g/mol. The number of aliphatic hydroxyl groups excluding tert-OH is 1. The number of hydrogen-bond donors (Lipinski definition) is 1. The van der Waals surface area contributed by atoms with Crippen molar-refractivity contribution in [2.75, 3.05) is 7.11 Å². The van der Waals surface area contributed by atoms with Gasteiger partial charge >= 0.3 is 0 Å². The average molecular weight is 599 g/mol. The summed E-state index contributed by atoms with van der Waals surface area (Å²) in [6.45, 7) is 19.2. The van der Waals surface area contributed by atoms with Crippen molar-refractivity contribution in [2.24, 2.45) is 17.3 Å². The second-order valence-corrected chi connectivity index (χ2v) is 13.3. The summed E-state index contributed by atoms with van der Waals surface area (Å²) < 4.78 is 5.43. The number of rotatable bonds is 16. The zero-order chi connectivity index (χ0) is 33.2. The predicted octanol–water partition coefficient (Wildman–Crippen LogP) is 10.5. The van der Waals surface area contributed by atoms with E-state index < -0.39 is 0 Å². The molecule has 0 saturated heterocycles. The third-order valence-electron chi connectivity index (χ3n) is 7.85. The summed E-state index contributed by atoms with van der Waals surface area (Å²) in [6, 6.07) is 0.